The summed E-state index contributed by atoms with van der Waals surface area (Å²) in [5, 5.41) is 0.182. The van der Waals surface area contributed by atoms with E-state index in [2.05, 4.69) is 15.0 Å². The van der Waals surface area contributed by atoms with Gasteiger partial charge in [0, 0.05) is 12.3 Å². The third-order valence-corrected chi connectivity index (χ3v) is 2.94. The minimum absolute atomic E-state index is 0.0220. The van der Waals surface area contributed by atoms with Crippen LogP contribution in [0.5, 0.6) is 0 Å². The van der Waals surface area contributed by atoms with Gasteiger partial charge in [0.2, 0.25) is 5.28 Å². The minimum Gasteiger partial charge on any atom is -0.293 e. The zero-order valence-electron chi connectivity index (χ0n) is 9.11. The van der Waals surface area contributed by atoms with Crippen molar-refractivity contribution in [3.05, 3.63) is 46.6 Å². The Balaban J connectivity index is 2.34. The second-order valence-corrected chi connectivity index (χ2v) is 4.42. The standard InChI is InChI=1S/C11H4Cl2F2N4/c12-6-2-17-11(13)18-9(6)8-3-16-10-7(15)1-5(14)4-19(8)10/h1-4H. The van der Waals surface area contributed by atoms with Gasteiger partial charge in [0.05, 0.1) is 23.1 Å². The average Bonchev–Trinajstić information content (AvgIpc) is 2.76. The van der Waals surface area contributed by atoms with Crippen LogP contribution in [0.2, 0.25) is 10.3 Å². The van der Waals surface area contributed by atoms with Crippen molar-refractivity contribution in [1.29, 1.82) is 0 Å². The lowest BCUT2D eigenvalue weighted by atomic mass is 10.3. The maximum absolute atomic E-state index is 13.5. The number of imidazole rings is 1. The van der Waals surface area contributed by atoms with Crippen molar-refractivity contribution in [3.8, 4) is 11.4 Å². The molecule has 0 saturated carbocycles. The molecule has 0 saturated heterocycles. The molecule has 0 fully saturated rings. The highest BCUT2D eigenvalue weighted by atomic mass is 35.5. The molecule has 96 valence electrons. The van der Waals surface area contributed by atoms with Gasteiger partial charge < -0.3 is 0 Å². The fraction of sp³-hybridized carbons (Fsp3) is 0. The van der Waals surface area contributed by atoms with Crippen molar-refractivity contribution >= 4 is 28.8 Å². The number of rotatable bonds is 1. The fourth-order valence-electron chi connectivity index (χ4n) is 1.71. The molecule has 3 heterocycles. The number of nitrogens with zero attached hydrogens (tertiary/aromatic N) is 4. The van der Waals surface area contributed by atoms with Crippen molar-refractivity contribution in [3.63, 3.8) is 0 Å². The molecule has 3 aromatic rings. The Morgan fingerprint density at radius 2 is 1.89 bits per heavy atom. The number of hydrogen-bond donors (Lipinski definition) is 0. The molecule has 0 aromatic carbocycles. The van der Waals surface area contributed by atoms with Crippen molar-refractivity contribution in [2.45, 2.75) is 0 Å². The van der Waals surface area contributed by atoms with E-state index in [4.69, 9.17) is 23.2 Å². The molecule has 0 aliphatic heterocycles. The van der Waals surface area contributed by atoms with Gasteiger partial charge in [-0.25, -0.2) is 23.7 Å². The summed E-state index contributed by atoms with van der Waals surface area (Å²) >= 11 is 11.6. The zero-order chi connectivity index (χ0) is 13.6. The second kappa shape index (κ2) is 4.40. The Labute approximate surface area is 115 Å². The fourth-order valence-corrected chi connectivity index (χ4v) is 2.04. The Morgan fingerprint density at radius 1 is 1.11 bits per heavy atom. The third-order valence-electron chi connectivity index (χ3n) is 2.48. The van der Waals surface area contributed by atoms with Crippen molar-refractivity contribution in [1.82, 2.24) is 19.4 Å². The van der Waals surface area contributed by atoms with E-state index in [9.17, 15) is 8.78 Å². The number of aromatic nitrogens is 4. The molecular weight excluding hydrogens is 297 g/mol. The molecule has 4 nitrogen and oxygen atoms in total. The van der Waals surface area contributed by atoms with Crippen LogP contribution >= 0.6 is 23.2 Å². The van der Waals surface area contributed by atoms with Gasteiger partial charge in [0.1, 0.15) is 11.5 Å². The summed E-state index contributed by atoms with van der Waals surface area (Å²) in [5.74, 6) is -1.51. The lowest BCUT2D eigenvalue weighted by Gasteiger charge is -2.04. The van der Waals surface area contributed by atoms with Crippen LogP contribution in [-0.2, 0) is 0 Å². The van der Waals surface area contributed by atoms with Crippen LogP contribution in [0.25, 0.3) is 17.0 Å². The van der Waals surface area contributed by atoms with Gasteiger partial charge in [0.15, 0.2) is 11.5 Å². The molecule has 0 aliphatic rings. The maximum Gasteiger partial charge on any atom is 0.223 e. The van der Waals surface area contributed by atoms with E-state index in [0.29, 0.717) is 5.69 Å². The molecule has 0 radical (unpaired) electrons. The summed E-state index contributed by atoms with van der Waals surface area (Å²) in [5.41, 5.74) is 0.545. The van der Waals surface area contributed by atoms with Crippen LogP contribution in [0.1, 0.15) is 0 Å². The second-order valence-electron chi connectivity index (χ2n) is 3.68. The first-order valence-corrected chi connectivity index (χ1v) is 5.82. The Kier molecular flexibility index (Phi) is 2.83. The molecule has 8 heteroatoms. The maximum atomic E-state index is 13.5. The Morgan fingerprint density at radius 3 is 2.68 bits per heavy atom. The van der Waals surface area contributed by atoms with E-state index in [0.717, 1.165) is 12.3 Å². The normalized spacial score (nSPS) is 11.2. The quantitative estimate of drug-likeness (QED) is 0.647. The van der Waals surface area contributed by atoms with Gasteiger partial charge in [-0.2, -0.15) is 0 Å². The van der Waals surface area contributed by atoms with E-state index in [1.165, 1.54) is 16.8 Å². The van der Waals surface area contributed by atoms with Gasteiger partial charge in [-0.3, -0.25) is 4.40 Å². The van der Waals surface area contributed by atoms with Crippen molar-refractivity contribution in [2.75, 3.05) is 0 Å². The number of pyridine rings is 1. The predicted octanol–water partition coefficient (Wildman–Crippen LogP) is 3.38. The summed E-state index contributed by atoms with van der Waals surface area (Å²) in [4.78, 5) is 11.5. The van der Waals surface area contributed by atoms with Crippen LogP contribution in [0.4, 0.5) is 8.78 Å². The highest BCUT2D eigenvalue weighted by Gasteiger charge is 2.15. The molecule has 0 N–H and O–H groups in total. The van der Waals surface area contributed by atoms with Crippen LogP contribution < -0.4 is 0 Å². The lowest BCUT2D eigenvalue weighted by molar-refractivity contribution is 0.577. The molecule has 19 heavy (non-hydrogen) atoms. The number of fused-ring (bicyclic) bond motifs is 1. The van der Waals surface area contributed by atoms with E-state index >= 15 is 0 Å². The van der Waals surface area contributed by atoms with Crippen LogP contribution in [-0.4, -0.2) is 19.4 Å². The van der Waals surface area contributed by atoms with E-state index in [-0.39, 0.29) is 21.6 Å². The van der Waals surface area contributed by atoms with Crippen LogP contribution in [0, 0.1) is 11.6 Å². The highest BCUT2D eigenvalue weighted by molar-refractivity contribution is 6.33. The predicted molar refractivity (Wildman–Crippen MR) is 66.2 cm³/mol. The minimum atomic E-state index is -0.775. The first-order valence-electron chi connectivity index (χ1n) is 5.07. The van der Waals surface area contributed by atoms with Crippen molar-refractivity contribution in [2.24, 2.45) is 0 Å². The molecule has 0 bridgehead atoms. The molecule has 0 amide bonds. The molecule has 3 rings (SSSR count). The van der Waals surface area contributed by atoms with Gasteiger partial charge in [0.25, 0.3) is 0 Å². The topological polar surface area (TPSA) is 43.1 Å². The van der Waals surface area contributed by atoms with Gasteiger partial charge in [-0.1, -0.05) is 11.6 Å². The highest BCUT2D eigenvalue weighted by Crippen LogP contribution is 2.27. The molecule has 3 aromatic heterocycles. The van der Waals surface area contributed by atoms with Gasteiger partial charge >= 0.3 is 0 Å². The monoisotopic (exact) mass is 300 g/mol. The van der Waals surface area contributed by atoms with Gasteiger partial charge in [-0.05, 0) is 11.6 Å². The molecular formula is C11H4Cl2F2N4. The summed E-state index contributed by atoms with van der Waals surface area (Å²) in [6.07, 6.45) is 3.73. The first-order chi connectivity index (χ1) is 9.06. The number of halogens is 4. The third kappa shape index (κ3) is 2.02. The molecule has 0 unspecified atom stereocenters. The average molecular weight is 301 g/mol. The Bertz CT molecular complexity index is 788. The lowest BCUT2D eigenvalue weighted by Crippen LogP contribution is -1.96. The summed E-state index contributed by atoms with van der Waals surface area (Å²) in [6.45, 7) is 0. The van der Waals surface area contributed by atoms with E-state index in [1.807, 2.05) is 0 Å². The number of hydrogen-bond acceptors (Lipinski definition) is 3. The summed E-state index contributed by atoms with van der Waals surface area (Å²) in [7, 11) is 0. The van der Waals surface area contributed by atoms with E-state index in [1.54, 1.807) is 0 Å². The molecule has 0 atom stereocenters. The summed E-state index contributed by atoms with van der Waals surface area (Å²) < 4.78 is 28.0. The van der Waals surface area contributed by atoms with Crippen LogP contribution in [0.3, 0.4) is 0 Å². The smallest absolute Gasteiger partial charge is 0.223 e. The molecule has 0 aliphatic carbocycles. The molecule has 0 spiro atoms. The summed E-state index contributed by atoms with van der Waals surface area (Å²) in [6, 6.07) is 0.751. The first kappa shape index (κ1) is 12.3. The van der Waals surface area contributed by atoms with Crippen molar-refractivity contribution < 1.29 is 8.78 Å². The van der Waals surface area contributed by atoms with Gasteiger partial charge in [-0.15, -0.1) is 0 Å². The van der Waals surface area contributed by atoms with Crippen LogP contribution in [0.15, 0.2) is 24.7 Å². The Hall–Kier alpha value is -1.79. The SMILES string of the molecule is Fc1cc(F)c2ncc(-c3nc(Cl)ncc3Cl)n2c1. The van der Waals surface area contributed by atoms with E-state index < -0.39 is 11.6 Å². The largest absolute Gasteiger partial charge is 0.293 e. The zero-order valence-corrected chi connectivity index (χ0v) is 10.6.